The van der Waals surface area contributed by atoms with Gasteiger partial charge in [-0.1, -0.05) is 13.8 Å². The number of rotatable bonds is 3. The highest BCUT2D eigenvalue weighted by Crippen LogP contribution is 2.29. The van der Waals surface area contributed by atoms with E-state index in [0.29, 0.717) is 38.5 Å². The van der Waals surface area contributed by atoms with Crippen LogP contribution in [-0.4, -0.2) is 48.1 Å². The first kappa shape index (κ1) is 15.3. The van der Waals surface area contributed by atoms with E-state index in [4.69, 9.17) is 4.74 Å². The monoisotopic (exact) mass is 282 g/mol. The topological polar surface area (TPSA) is 58.6 Å². The molecular weight excluding hydrogens is 256 g/mol. The maximum atomic E-state index is 12.8. The zero-order valence-corrected chi connectivity index (χ0v) is 12.8. The van der Waals surface area contributed by atoms with Gasteiger partial charge in [0.15, 0.2) is 0 Å². The van der Waals surface area contributed by atoms with Gasteiger partial charge in [-0.15, -0.1) is 0 Å². The molecule has 0 spiro atoms. The SMILES string of the molecule is CC(C)CC1NC(=O)CCN(C2(C)CCOCC2)C1=O. The number of hydrogen-bond donors (Lipinski definition) is 1. The van der Waals surface area contributed by atoms with Crippen molar-refractivity contribution in [3.05, 3.63) is 0 Å². The minimum absolute atomic E-state index is 0.0119. The van der Waals surface area contributed by atoms with Gasteiger partial charge in [0.05, 0.1) is 0 Å². The second-order valence-electron chi connectivity index (χ2n) is 6.60. The van der Waals surface area contributed by atoms with Crippen LogP contribution in [0.4, 0.5) is 0 Å². The van der Waals surface area contributed by atoms with E-state index >= 15 is 0 Å². The summed E-state index contributed by atoms with van der Waals surface area (Å²) in [4.78, 5) is 26.6. The van der Waals surface area contributed by atoms with Crippen molar-refractivity contribution < 1.29 is 14.3 Å². The maximum Gasteiger partial charge on any atom is 0.245 e. The molecule has 0 aromatic rings. The maximum absolute atomic E-state index is 12.8. The predicted molar refractivity (Wildman–Crippen MR) is 76.2 cm³/mol. The highest BCUT2D eigenvalue weighted by atomic mass is 16.5. The van der Waals surface area contributed by atoms with Gasteiger partial charge in [-0.25, -0.2) is 0 Å². The van der Waals surface area contributed by atoms with E-state index in [1.165, 1.54) is 0 Å². The molecule has 0 saturated carbocycles. The minimum Gasteiger partial charge on any atom is -0.381 e. The fourth-order valence-corrected chi connectivity index (χ4v) is 3.09. The van der Waals surface area contributed by atoms with Crippen LogP contribution in [0.1, 0.15) is 46.5 Å². The van der Waals surface area contributed by atoms with Crippen molar-refractivity contribution in [2.24, 2.45) is 5.92 Å². The molecule has 5 nitrogen and oxygen atoms in total. The number of nitrogens with one attached hydrogen (secondary N) is 1. The normalized spacial score (nSPS) is 27.4. The van der Waals surface area contributed by atoms with Crippen LogP contribution in [0.2, 0.25) is 0 Å². The summed E-state index contributed by atoms with van der Waals surface area (Å²) in [5, 5.41) is 2.88. The van der Waals surface area contributed by atoms with Crippen molar-refractivity contribution in [1.29, 1.82) is 0 Å². The van der Waals surface area contributed by atoms with E-state index in [1.54, 1.807) is 0 Å². The molecule has 2 heterocycles. The molecule has 2 rings (SSSR count). The third kappa shape index (κ3) is 3.32. The first-order chi connectivity index (χ1) is 9.42. The second-order valence-corrected chi connectivity index (χ2v) is 6.60. The van der Waals surface area contributed by atoms with Gasteiger partial charge in [-0.05, 0) is 32.1 Å². The molecule has 2 saturated heterocycles. The van der Waals surface area contributed by atoms with Crippen LogP contribution in [0.25, 0.3) is 0 Å². The third-order valence-electron chi connectivity index (χ3n) is 4.39. The van der Waals surface area contributed by atoms with Crippen molar-refractivity contribution >= 4 is 11.8 Å². The lowest BCUT2D eigenvalue weighted by Crippen LogP contribution is -2.56. The number of ether oxygens (including phenoxy) is 1. The number of hydrogen-bond acceptors (Lipinski definition) is 3. The summed E-state index contributed by atoms with van der Waals surface area (Å²) in [6.45, 7) is 8.17. The molecule has 1 unspecified atom stereocenters. The van der Waals surface area contributed by atoms with Crippen LogP contribution in [0.15, 0.2) is 0 Å². The van der Waals surface area contributed by atoms with E-state index in [9.17, 15) is 9.59 Å². The molecule has 0 aromatic carbocycles. The lowest BCUT2D eigenvalue weighted by Gasteiger charge is -2.44. The van der Waals surface area contributed by atoms with Crippen molar-refractivity contribution in [2.75, 3.05) is 19.8 Å². The van der Waals surface area contributed by atoms with Crippen molar-refractivity contribution in [3.8, 4) is 0 Å². The molecule has 2 amide bonds. The van der Waals surface area contributed by atoms with Crippen LogP contribution in [0, 0.1) is 5.92 Å². The summed E-state index contributed by atoms with van der Waals surface area (Å²) in [7, 11) is 0. The average molecular weight is 282 g/mol. The molecule has 1 N–H and O–H groups in total. The van der Waals surface area contributed by atoms with Crippen LogP contribution in [-0.2, 0) is 14.3 Å². The zero-order valence-electron chi connectivity index (χ0n) is 12.8. The van der Waals surface area contributed by atoms with E-state index in [1.807, 2.05) is 4.90 Å². The predicted octanol–water partition coefficient (Wildman–Crippen LogP) is 1.32. The quantitative estimate of drug-likeness (QED) is 0.849. The van der Waals surface area contributed by atoms with Crippen molar-refractivity contribution in [3.63, 3.8) is 0 Å². The molecule has 114 valence electrons. The molecule has 20 heavy (non-hydrogen) atoms. The Morgan fingerprint density at radius 3 is 2.60 bits per heavy atom. The van der Waals surface area contributed by atoms with Gasteiger partial charge in [0.2, 0.25) is 11.8 Å². The third-order valence-corrected chi connectivity index (χ3v) is 4.39. The number of nitrogens with zero attached hydrogens (tertiary/aromatic N) is 1. The average Bonchev–Trinajstić information content (AvgIpc) is 2.50. The summed E-state index contributed by atoms with van der Waals surface area (Å²) in [5.41, 5.74) is -0.170. The first-order valence-corrected chi connectivity index (χ1v) is 7.61. The lowest BCUT2D eigenvalue weighted by molar-refractivity contribution is -0.142. The summed E-state index contributed by atoms with van der Waals surface area (Å²) in [6.07, 6.45) is 2.80. The van der Waals surface area contributed by atoms with E-state index < -0.39 is 0 Å². The fraction of sp³-hybridized carbons (Fsp3) is 0.867. The van der Waals surface area contributed by atoms with Gasteiger partial charge in [0.1, 0.15) is 6.04 Å². The van der Waals surface area contributed by atoms with Gasteiger partial charge in [0.25, 0.3) is 0 Å². The highest BCUT2D eigenvalue weighted by Gasteiger charge is 2.41. The Hall–Kier alpha value is -1.10. The Morgan fingerprint density at radius 2 is 2.00 bits per heavy atom. The molecule has 1 atom stereocenters. The molecule has 5 heteroatoms. The summed E-state index contributed by atoms with van der Waals surface area (Å²) in [5.74, 6) is 0.447. The molecule has 2 fully saturated rings. The number of carbonyl (C=O) groups is 2. The highest BCUT2D eigenvalue weighted by molar-refractivity contribution is 5.90. The Morgan fingerprint density at radius 1 is 1.35 bits per heavy atom. The van der Waals surface area contributed by atoms with E-state index in [0.717, 1.165) is 12.8 Å². The van der Waals surface area contributed by atoms with Gasteiger partial charge in [0, 0.05) is 31.7 Å². The molecule has 0 aliphatic carbocycles. The van der Waals surface area contributed by atoms with Crippen LogP contribution in [0.5, 0.6) is 0 Å². The second kappa shape index (κ2) is 6.12. The fourth-order valence-electron chi connectivity index (χ4n) is 3.09. The Bertz CT molecular complexity index is 375. The molecule has 0 aromatic heterocycles. The molecular formula is C15H26N2O3. The van der Waals surface area contributed by atoms with Crippen LogP contribution < -0.4 is 5.32 Å². The Balaban J connectivity index is 2.18. The molecule has 2 aliphatic heterocycles. The van der Waals surface area contributed by atoms with Gasteiger partial charge in [-0.2, -0.15) is 0 Å². The van der Waals surface area contributed by atoms with Crippen molar-refractivity contribution in [2.45, 2.75) is 58.0 Å². The van der Waals surface area contributed by atoms with Crippen molar-refractivity contribution in [1.82, 2.24) is 10.2 Å². The summed E-state index contributed by atoms with van der Waals surface area (Å²) >= 11 is 0. The first-order valence-electron chi connectivity index (χ1n) is 7.61. The van der Waals surface area contributed by atoms with Gasteiger partial charge in [-0.3, -0.25) is 9.59 Å². The van der Waals surface area contributed by atoms with Gasteiger partial charge < -0.3 is 15.0 Å². The van der Waals surface area contributed by atoms with E-state index in [2.05, 4.69) is 26.1 Å². The molecule has 2 aliphatic rings. The van der Waals surface area contributed by atoms with Crippen LogP contribution in [0.3, 0.4) is 0 Å². The Labute approximate surface area is 121 Å². The summed E-state index contributed by atoms with van der Waals surface area (Å²) in [6, 6.07) is -0.371. The van der Waals surface area contributed by atoms with Gasteiger partial charge >= 0.3 is 0 Å². The molecule has 0 bridgehead atoms. The van der Waals surface area contributed by atoms with E-state index in [-0.39, 0.29) is 23.4 Å². The summed E-state index contributed by atoms with van der Waals surface area (Å²) < 4.78 is 5.41. The minimum atomic E-state index is -0.371. The largest absolute Gasteiger partial charge is 0.381 e. The molecule has 0 radical (unpaired) electrons. The standard InChI is InChI=1S/C15H26N2O3/c1-11(2)10-12-14(19)17(7-4-13(18)16-12)15(3)5-8-20-9-6-15/h11-12H,4-10H2,1-3H3,(H,16,18). The number of amides is 2. The Kier molecular flexibility index (Phi) is 4.68. The smallest absolute Gasteiger partial charge is 0.245 e. The number of carbonyl (C=O) groups excluding carboxylic acids is 2. The van der Waals surface area contributed by atoms with Crippen LogP contribution >= 0.6 is 0 Å². The lowest BCUT2D eigenvalue weighted by atomic mass is 9.89. The zero-order chi connectivity index (χ0) is 14.8.